The Labute approximate surface area is 132 Å². The first-order valence-corrected chi connectivity index (χ1v) is 7.72. The number of carbonyl (C=O) groups is 1. The van der Waals surface area contributed by atoms with E-state index in [9.17, 15) is 13.2 Å². The Balaban J connectivity index is 2.35. The minimum Gasteiger partial charge on any atom is -0.496 e. The lowest BCUT2D eigenvalue weighted by Gasteiger charge is -2.10. The van der Waals surface area contributed by atoms with E-state index >= 15 is 0 Å². The standard InChI is InChI=1S/C13H14N4O5S/c1-21-11-4-3-9(5-10(11)12(14)18)23(19,20)17-8-6-15-13(22-2)16-7-8/h3-7,17H,1-2H3,(H2,14,18). The number of sulfonamides is 1. The maximum absolute atomic E-state index is 12.3. The predicted octanol–water partition coefficient (Wildman–Crippen LogP) is 0.393. The van der Waals surface area contributed by atoms with Gasteiger partial charge in [0, 0.05) is 0 Å². The van der Waals surface area contributed by atoms with Crippen LogP contribution in [0.3, 0.4) is 0 Å². The van der Waals surface area contributed by atoms with E-state index in [0.717, 1.165) is 6.07 Å². The van der Waals surface area contributed by atoms with Crippen LogP contribution in [0.5, 0.6) is 11.8 Å². The number of rotatable bonds is 6. The van der Waals surface area contributed by atoms with Crippen LogP contribution in [0.2, 0.25) is 0 Å². The predicted molar refractivity (Wildman–Crippen MR) is 80.9 cm³/mol. The third-order valence-corrected chi connectivity index (χ3v) is 4.19. The highest BCUT2D eigenvalue weighted by atomic mass is 32.2. The quantitative estimate of drug-likeness (QED) is 0.778. The average Bonchev–Trinajstić information content (AvgIpc) is 2.54. The highest BCUT2D eigenvalue weighted by molar-refractivity contribution is 7.92. The molecule has 122 valence electrons. The van der Waals surface area contributed by atoms with Crippen LogP contribution >= 0.6 is 0 Å². The summed E-state index contributed by atoms with van der Waals surface area (Å²) in [5.41, 5.74) is 5.32. The highest BCUT2D eigenvalue weighted by Crippen LogP contribution is 2.23. The number of ether oxygens (including phenoxy) is 2. The Morgan fingerprint density at radius 2 is 1.83 bits per heavy atom. The number of aromatic nitrogens is 2. The van der Waals surface area contributed by atoms with Gasteiger partial charge in [-0.2, -0.15) is 0 Å². The number of nitrogens with one attached hydrogen (secondary N) is 1. The monoisotopic (exact) mass is 338 g/mol. The summed E-state index contributed by atoms with van der Waals surface area (Å²) in [5.74, 6) is -0.615. The Kier molecular flexibility index (Phi) is 4.65. The Hall–Kier alpha value is -2.88. The summed E-state index contributed by atoms with van der Waals surface area (Å²) in [7, 11) is -1.21. The van der Waals surface area contributed by atoms with Gasteiger partial charge in [-0.05, 0) is 18.2 Å². The van der Waals surface area contributed by atoms with Gasteiger partial charge < -0.3 is 15.2 Å². The molecule has 0 atom stereocenters. The lowest BCUT2D eigenvalue weighted by atomic mass is 10.2. The molecular formula is C13H14N4O5S. The zero-order valence-corrected chi connectivity index (χ0v) is 13.1. The first-order chi connectivity index (χ1) is 10.9. The summed E-state index contributed by atoms with van der Waals surface area (Å²) in [6.07, 6.45) is 2.50. The fraction of sp³-hybridized carbons (Fsp3) is 0.154. The van der Waals surface area contributed by atoms with Gasteiger partial charge in [0.1, 0.15) is 5.75 Å². The first kappa shape index (κ1) is 16.5. The van der Waals surface area contributed by atoms with Crippen molar-refractivity contribution in [1.82, 2.24) is 9.97 Å². The largest absolute Gasteiger partial charge is 0.496 e. The summed E-state index contributed by atoms with van der Waals surface area (Å²) in [6.45, 7) is 0. The minimum atomic E-state index is -3.95. The number of carbonyl (C=O) groups excluding carboxylic acids is 1. The molecule has 0 fully saturated rings. The number of hydrogen-bond donors (Lipinski definition) is 2. The zero-order valence-electron chi connectivity index (χ0n) is 12.3. The molecule has 2 aromatic rings. The van der Waals surface area contributed by atoms with Crippen molar-refractivity contribution in [3.05, 3.63) is 36.2 Å². The fourth-order valence-electron chi connectivity index (χ4n) is 1.74. The van der Waals surface area contributed by atoms with E-state index < -0.39 is 15.9 Å². The fourth-order valence-corrected chi connectivity index (χ4v) is 2.79. The van der Waals surface area contributed by atoms with Crippen molar-refractivity contribution in [2.45, 2.75) is 4.90 Å². The second-order valence-corrected chi connectivity index (χ2v) is 5.97. The van der Waals surface area contributed by atoms with Gasteiger partial charge in [0.2, 0.25) is 0 Å². The maximum Gasteiger partial charge on any atom is 0.316 e. The van der Waals surface area contributed by atoms with Crippen LogP contribution in [-0.2, 0) is 10.0 Å². The number of amides is 1. The van der Waals surface area contributed by atoms with Crippen molar-refractivity contribution < 1.29 is 22.7 Å². The van der Waals surface area contributed by atoms with Crippen LogP contribution in [-0.4, -0.2) is 38.5 Å². The van der Waals surface area contributed by atoms with E-state index in [0.29, 0.717) is 0 Å². The normalized spacial score (nSPS) is 10.9. The molecule has 0 aliphatic carbocycles. The summed E-state index contributed by atoms with van der Waals surface area (Å²) in [5, 5.41) is 0. The van der Waals surface area contributed by atoms with Gasteiger partial charge in [-0.15, -0.1) is 0 Å². The van der Waals surface area contributed by atoms with E-state index in [-0.39, 0.29) is 27.9 Å². The van der Waals surface area contributed by atoms with E-state index in [1.54, 1.807) is 0 Å². The molecule has 2 rings (SSSR count). The van der Waals surface area contributed by atoms with Crippen LogP contribution < -0.4 is 19.9 Å². The number of benzene rings is 1. The van der Waals surface area contributed by atoms with Gasteiger partial charge in [-0.3, -0.25) is 9.52 Å². The highest BCUT2D eigenvalue weighted by Gasteiger charge is 2.19. The molecule has 0 saturated heterocycles. The molecular weight excluding hydrogens is 324 g/mol. The molecule has 1 aromatic heterocycles. The first-order valence-electron chi connectivity index (χ1n) is 6.24. The van der Waals surface area contributed by atoms with Gasteiger partial charge in [0.05, 0.1) is 42.8 Å². The molecule has 23 heavy (non-hydrogen) atoms. The van der Waals surface area contributed by atoms with E-state index in [4.69, 9.17) is 15.2 Å². The molecule has 1 heterocycles. The van der Waals surface area contributed by atoms with E-state index in [2.05, 4.69) is 14.7 Å². The summed E-state index contributed by atoms with van der Waals surface area (Å²) < 4.78 is 36.7. The van der Waals surface area contributed by atoms with Crippen LogP contribution in [0.4, 0.5) is 5.69 Å². The number of primary amides is 1. The molecule has 0 bridgehead atoms. The molecule has 0 unspecified atom stereocenters. The maximum atomic E-state index is 12.3. The van der Waals surface area contributed by atoms with Crippen molar-refractivity contribution in [2.24, 2.45) is 5.73 Å². The van der Waals surface area contributed by atoms with Crippen molar-refractivity contribution >= 4 is 21.6 Å². The molecule has 9 nitrogen and oxygen atoms in total. The summed E-state index contributed by atoms with van der Waals surface area (Å²) in [6, 6.07) is 3.87. The number of methoxy groups -OCH3 is 2. The van der Waals surface area contributed by atoms with E-state index in [1.807, 2.05) is 0 Å². The van der Waals surface area contributed by atoms with Crippen molar-refractivity contribution in [3.63, 3.8) is 0 Å². The molecule has 1 amide bonds. The van der Waals surface area contributed by atoms with Crippen molar-refractivity contribution in [3.8, 4) is 11.8 Å². The zero-order chi connectivity index (χ0) is 17.0. The van der Waals surface area contributed by atoms with Crippen LogP contribution in [0.1, 0.15) is 10.4 Å². The second kappa shape index (κ2) is 6.48. The Bertz CT molecular complexity index is 821. The topological polar surface area (TPSA) is 134 Å². The van der Waals surface area contributed by atoms with Crippen molar-refractivity contribution in [2.75, 3.05) is 18.9 Å². The third-order valence-electron chi connectivity index (χ3n) is 2.81. The third kappa shape index (κ3) is 3.66. The van der Waals surface area contributed by atoms with Gasteiger partial charge in [-0.1, -0.05) is 0 Å². The SMILES string of the molecule is COc1ncc(NS(=O)(=O)c2ccc(OC)c(C(N)=O)c2)cn1. The summed E-state index contributed by atoms with van der Waals surface area (Å²) in [4.78, 5) is 18.8. The number of nitrogens with two attached hydrogens (primary N) is 1. The molecule has 10 heteroatoms. The average molecular weight is 338 g/mol. The van der Waals surface area contributed by atoms with Crippen molar-refractivity contribution in [1.29, 1.82) is 0 Å². The van der Waals surface area contributed by atoms with Crippen LogP contribution in [0.25, 0.3) is 0 Å². The number of hydrogen-bond acceptors (Lipinski definition) is 7. The van der Waals surface area contributed by atoms with Gasteiger partial charge in [0.15, 0.2) is 0 Å². The van der Waals surface area contributed by atoms with Gasteiger partial charge in [0.25, 0.3) is 15.9 Å². The molecule has 0 saturated carbocycles. The smallest absolute Gasteiger partial charge is 0.316 e. The molecule has 3 N–H and O–H groups in total. The number of anilines is 1. The lowest BCUT2D eigenvalue weighted by Crippen LogP contribution is -2.17. The van der Waals surface area contributed by atoms with Crippen LogP contribution in [0, 0.1) is 0 Å². The molecule has 0 aliphatic heterocycles. The van der Waals surface area contributed by atoms with Gasteiger partial charge in [-0.25, -0.2) is 18.4 Å². The Morgan fingerprint density at radius 3 is 2.35 bits per heavy atom. The molecule has 0 aliphatic rings. The molecule has 0 spiro atoms. The molecule has 0 radical (unpaired) electrons. The Morgan fingerprint density at radius 1 is 1.17 bits per heavy atom. The van der Waals surface area contributed by atoms with E-state index in [1.165, 1.54) is 38.7 Å². The minimum absolute atomic E-state index is 0.0404. The molecule has 1 aromatic carbocycles. The van der Waals surface area contributed by atoms with Gasteiger partial charge >= 0.3 is 6.01 Å². The second-order valence-electron chi connectivity index (χ2n) is 4.29. The number of nitrogens with zero attached hydrogens (tertiary/aromatic N) is 2. The van der Waals surface area contributed by atoms with Crippen LogP contribution in [0.15, 0.2) is 35.5 Å². The summed E-state index contributed by atoms with van der Waals surface area (Å²) >= 11 is 0. The lowest BCUT2D eigenvalue weighted by molar-refractivity contribution is 0.0997.